The number of rotatable bonds is 3. The largest absolute Gasteiger partial charge is 0.460 e. The third kappa shape index (κ3) is 3.18. The van der Waals surface area contributed by atoms with E-state index in [1.807, 2.05) is 19.1 Å². The zero-order valence-corrected chi connectivity index (χ0v) is 15.8. The number of nitrogens with zero attached hydrogens (tertiary/aromatic N) is 5. The van der Waals surface area contributed by atoms with Gasteiger partial charge in [-0.3, -0.25) is 9.89 Å². The Bertz CT molecular complexity index is 1190. The lowest BCUT2D eigenvalue weighted by Crippen LogP contribution is -2.41. The first-order valence-electron chi connectivity index (χ1n) is 9.50. The lowest BCUT2D eigenvalue weighted by Gasteiger charge is -2.32. The van der Waals surface area contributed by atoms with Gasteiger partial charge in [0, 0.05) is 25.2 Å². The summed E-state index contributed by atoms with van der Waals surface area (Å²) in [5.41, 5.74) is 2.29. The minimum Gasteiger partial charge on any atom is -0.460 e. The van der Waals surface area contributed by atoms with E-state index in [0.717, 1.165) is 24.1 Å². The Morgan fingerprint density at radius 2 is 2.17 bits per heavy atom. The number of carbonyl (C=O) groups is 1. The van der Waals surface area contributed by atoms with Crippen molar-refractivity contribution in [1.82, 2.24) is 30.1 Å². The number of fused-ring (bicyclic) bond motifs is 1. The number of hydrogen-bond donors (Lipinski definition) is 1. The molecule has 8 nitrogen and oxygen atoms in total. The fourth-order valence-corrected chi connectivity index (χ4v) is 3.82. The summed E-state index contributed by atoms with van der Waals surface area (Å²) in [5.74, 6) is 0.954. The summed E-state index contributed by atoms with van der Waals surface area (Å²) in [6.45, 7) is 3.01. The number of carbonyl (C=O) groups excluding carboxylic acids is 1. The number of likely N-dealkylation sites (tertiary alicyclic amines) is 1. The van der Waals surface area contributed by atoms with Crippen LogP contribution >= 0.6 is 0 Å². The van der Waals surface area contributed by atoms with Crippen molar-refractivity contribution in [2.45, 2.75) is 25.8 Å². The summed E-state index contributed by atoms with van der Waals surface area (Å²) < 4.78 is 20.8. The Kier molecular flexibility index (Phi) is 4.15. The van der Waals surface area contributed by atoms with E-state index in [9.17, 15) is 9.18 Å². The van der Waals surface area contributed by atoms with Gasteiger partial charge in [0.25, 0.3) is 5.91 Å². The topological polar surface area (TPSA) is 92.8 Å². The van der Waals surface area contributed by atoms with Gasteiger partial charge in [0.2, 0.25) is 0 Å². The van der Waals surface area contributed by atoms with Crippen LogP contribution in [-0.4, -0.2) is 49.1 Å². The Balaban J connectivity index is 1.36. The van der Waals surface area contributed by atoms with Gasteiger partial charge in [0.1, 0.15) is 22.8 Å². The van der Waals surface area contributed by atoms with Crippen molar-refractivity contribution in [3.05, 3.63) is 53.7 Å². The van der Waals surface area contributed by atoms with Crippen molar-refractivity contribution in [1.29, 1.82) is 0 Å². The van der Waals surface area contributed by atoms with E-state index >= 15 is 0 Å². The third-order valence-corrected chi connectivity index (χ3v) is 5.27. The zero-order chi connectivity index (χ0) is 20.0. The van der Waals surface area contributed by atoms with Crippen LogP contribution in [0.25, 0.3) is 22.5 Å². The predicted molar refractivity (Wildman–Crippen MR) is 103 cm³/mol. The summed E-state index contributed by atoms with van der Waals surface area (Å²) in [4.78, 5) is 14.8. The van der Waals surface area contributed by atoms with Gasteiger partial charge in [-0.15, -0.1) is 5.10 Å². The van der Waals surface area contributed by atoms with Crippen LogP contribution in [0.1, 0.15) is 35.1 Å². The highest BCUT2D eigenvalue weighted by atomic mass is 19.1. The smallest absolute Gasteiger partial charge is 0.274 e. The lowest BCUT2D eigenvalue weighted by molar-refractivity contribution is 0.0668. The van der Waals surface area contributed by atoms with E-state index in [0.29, 0.717) is 35.8 Å². The van der Waals surface area contributed by atoms with E-state index in [2.05, 4.69) is 20.5 Å². The fraction of sp³-hybridized carbons (Fsp3) is 0.300. The van der Waals surface area contributed by atoms with Gasteiger partial charge in [-0.25, -0.2) is 9.07 Å². The van der Waals surface area contributed by atoms with Gasteiger partial charge in [-0.1, -0.05) is 5.21 Å². The Morgan fingerprint density at radius 1 is 1.28 bits per heavy atom. The molecule has 1 amide bonds. The Hall–Kier alpha value is -3.49. The Labute approximate surface area is 165 Å². The molecule has 1 unspecified atom stereocenters. The molecule has 4 aromatic rings. The first-order valence-corrected chi connectivity index (χ1v) is 9.50. The molecule has 1 atom stereocenters. The summed E-state index contributed by atoms with van der Waals surface area (Å²) in [5, 5.41) is 15.3. The highest BCUT2D eigenvalue weighted by Gasteiger charge is 2.28. The van der Waals surface area contributed by atoms with E-state index in [1.54, 1.807) is 21.7 Å². The average Bonchev–Trinajstić information content (AvgIpc) is 3.46. The first kappa shape index (κ1) is 17.6. The second-order valence-electron chi connectivity index (χ2n) is 7.29. The molecule has 9 heteroatoms. The molecule has 1 saturated heterocycles. The number of hydrogen-bond acceptors (Lipinski definition) is 5. The summed E-state index contributed by atoms with van der Waals surface area (Å²) in [7, 11) is 0. The fourth-order valence-electron chi connectivity index (χ4n) is 3.82. The van der Waals surface area contributed by atoms with Crippen molar-refractivity contribution in [3.63, 3.8) is 0 Å². The lowest BCUT2D eigenvalue weighted by atomic mass is 10.1. The van der Waals surface area contributed by atoms with Crippen LogP contribution in [0.4, 0.5) is 4.39 Å². The third-order valence-electron chi connectivity index (χ3n) is 5.27. The molecule has 5 rings (SSSR count). The molecule has 1 aromatic carbocycles. The van der Waals surface area contributed by atoms with Crippen LogP contribution in [0.5, 0.6) is 0 Å². The number of amides is 1. The molecule has 0 spiro atoms. The average molecular weight is 394 g/mol. The molecule has 0 radical (unpaired) electrons. The molecule has 0 aliphatic carbocycles. The van der Waals surface area contributed by atoms with Gasteiger partial charge in [0.15, 0.2) is 11.5 Å². The molecule has 0 saturated carbocycles. The molecule has 148 valence electrons. The van der Waals surface area contributed by atoms with Crippen molar-refractivity contribution < 1.29 is 13.6 Å². The molecular formula is C20H19FN6O2. The van der Waals surface area contributed by atoms with Crippen molar-refractivity contribution in [3.8, 4) is 11.5 Å². The number of aromatic amines is 1. The number of aromatic nitrogens is 5. The number of aryl methyl sites for hydroxylation is 1. The monoisotopic (exact) mass is 394 g/mol. The van der Waals surface area contributed by atoms with Crippen LogP contribution in [0, 0.1) is 12.7 Å². The van der Waals surface area contributed by atoms with Crippen LogP contribution in [0.2, 0.25) is 0 Å². The molecule has 29 heavy (non-hydrogen) atoms. The number of benzene rings is 1. The number of piperidine rings is 1. The molecule has 1 aliphatic rings. The zero-order valence-electron chi connectivity index (χ0n) is 15.8. The maximum absolute atomic E-state index is 13.4. The summed E-state index contributed by atoms with van der Waals surface area (Å²) >= 11 is 0. The molecule has 1 aliphatic heterocycles. The molecule has 0 bridgehead atoms. The minimum atomic E-state index is -0.342. The normalized spacial score (nSPS) is 17.2. The standard InChI is InChI=1S/C20H19FN6O2/c1-12-4-7-19(29-12)16-10-17(23-22-16)20(28)26-8-2-3-14(11-26)27-18-6-5-13(21)9-15(18)24-25-27/h4-7,9-10,14H,2-3,8,11H2,1H3,(H,22,23). The first-order chi connectivity index (χ1) is 14.1. The van der Waals surface area contributed by atoms with Gasteiger partial charge < -0.3 is 9.32 Å². The van der Waals surface area contributed by atoms with Gasteiger partial charge in [-0.2, -0.15) is 5.10 Å². The molecule has 1 fully saturated rings. The quantitative estimate of drug-likeness (QED) is 0.575. The van der Waals surface area contributed by atoms with Crippen LogP contribution < -0.4 is 0 Å². The van der Waals surface area contributed by atoms with Crippen LogP contribution in [0.3, 0.4) is 0 Å². The van der Waals surface area contributed by atoms with Gasteiger partial charge in [-0.05, 0) is 44.0 Å². The molecule has 4 heterocycles. The summed E-state index contributed by atoms with van der Waals surface area (Å²) in [6.07, 6.45) is 1.71. The van der Waals surface area contributed by atoms with Crippen molar-refractivity contribution >= 4 is 16.9 Å². The Morgan fingerprint density at radius 3 is 3.00 bits per heavy atom. The highest BCUT2D eigenvalue weighted by molar-refractivity contribution is 5.93. The van der Waals surface area contributed by atoms with Crippen molar-refractivity contribution in [2.24, 2.45) is 0 Å². The van der Waals surface area contributed by atoms with E-state index in [-0.39, 0.29) is 17.8 Å². The minimum absolute atomic E-state index is 0.0192. The highest BCUT2D eigenvalue weighted by Crippen LogP contribution is 2.26. The van der Waals surface area contributed by atoms with Gasteiger partial charge >= 0.3 is 0 Å². The summed E-state index contributed by atoms with van der Waals surface area (Å²) in [6, 6.07) is 9.83. The molecular weight excluding hydrogens is 375 g/mol. The predicted octanol–water partition coefficient (Wildman–Crippen LogP) is 3.34. The second kappa shape index (κ2) is 6.84. The number of H-pyrrole nitrogens is 1. The maximum atomic E-state index is 13.4. The van der Waals surface area contributed by atoms with Crippen molar-refractivity contribution in [2.75, 3.05) is 13.1 Å². The van der Waals surface area contributed by atoms with Crippen LogP contribution in [0.15, 0.2) is 40.8 Å². The van der Waals surface area contributed by atoms with Crippen LogP contribution in [-0.2, 0) is 0 Å². The van der Waals surface area contributed by atoms with E-state index in [1.165, 1.54) is 12.1 Å². The SMILES string of the molecule is Cc1ccc(-c2cc(C(=O)N3CCCC(n4nnc5cc(F)ccc54)C3)n[nH]2)o1. The maximum Gasteiger partial charge on any atom is 0.274 e. The number of halogens is 1. The van der Waals surface area contributed by atoms with Gasteiger partial charge in [0.05, 0.1) is 11.6 Å². The molecule has 1 N–H and O–H groups in total. The van der Waals surface area contributed by atoms with E-state index in [4.69, 9.17) is 4.42 Å². The second-order valence-corrected chi connectivity index (χ2v) is 7.29. The van der Waals surface area contributed by atoms with E-state index < -0.39 is 0 Å². The number of furan rings is 1. The number of nitrogens with one attached hydrogen (secondary N) is 1. The molecule has 3 aromatic heterocycles.